The number of Topliss-reactive ketones (excluding diaryl/α,β-unsaturated/α-hetero) is 1. The molecule has 0 radical (unpaired) electrons. The van der Waals surface area contributed by atoms with Gasteiger partial charge in [0, 0.05) is 11.6 Å². The Morgan fingerprint density at radius 3 is 2.33 bits per heavy atom. The molecule has 0 heterocycles. The van der Waals surface area contributed by atoms with Crippen molar-refractivity contribution in [1.82, 2.24) is 0 Å². The van der Waals surface area contributed by atoms with Crippen molar-refractivity contribution in [3.63, 3.8) is 0 Å². The van der Waals surface area contributed by atoms with Gasteiger partial charge in [0.1, 0.15) is 5.92 Å². The van der Waals surface area contributed by atoms with Crippen LogP contribution in [0.3, 0.4) is 0 Å². The van der Waals surface area contributed by atoms with Crippen molar-refractivity contribution >= 4 is 11.8 Å². The molecule has 18 heavy (non-hydrogen) atoms. The van der Waals surface area contributed by atoms with Gasteiger partial charge in [-0.05, 0) is 18.9 Å². The van der Waals surface area contributed by atoms with Crippen LogP contribution in [0.2, 0.25) is 0 Å². The van der Waals surface area contributed by atoms with Crippen LogP contribution < -0.4 is 5.73 Å². The van der Waals surface area contributed by atoms with Crippen molar-refractivity contribution in [3.05, 3.63) is 35.4 Å². The molecule has 0 saturated heterocycles. The van der Waals surface area contributed by atoms with Crippen LogP contribution >= 0.6 is 0 Å². The first-order valence-electron chi connectivity index (χ1n) is 5.94. The van der Waals surface area contributed by atoms with Crippen molar-refractivity contribution < 1.29 is 14.7 Å². The second-order valence-electron chi connectivity index (χ2n) is 4.87. The number of nitrogens with two attached hydrogens (primary N) is 1. The average molecular weight is 249 g/mol. The number of hydrogen-bond acceptors (Lipinski definition) is 3. The summed E-state index contributed by atoms with van der Waals surface area (Å²) in [4.78, 5) is 23.5. The molecule has 0 spiro atoms. The standard InChI is InChI=1S/C14H19NO3/c1-8(2)12(15)11(14(17)18)13(16)10-6-4-5-9(3)7-10/h4-8,11-12H,15H2,1-3H3,(H,17,18). The molecule has 2 atom stereocenters. The van der Waals surface area contributed by atoms with Crippen LogP contribution in [0.15, 0.2) is 24.3 Å². The highest BCUT2D eigenvalue weighted by Gasteiger charge is 2.34. The third-order valence-electron chi connectivity index (χ3n) is 3.01. The van der Waals surface area contributed by atoms with E-state index in [1.807, 2.05) is 26.8 Å². The fourth-order valence-corrected chi connectivity index (χ4v) is 1.81. The monoisotopic (exact) mass is 249 g/mol. The van der Waals surface area contributed by atoms with E-state index in [4.69, 9.17) is 5.73 Å². The van der Waals surface area contributed by atoms with Crippen molar-refractivity contribution in [3.8, 4) is 0 Å². The topological polar surface area (TPSA) is 80.4 Å². The zero-order valence-corrected chi connectivity index (χ0v) is 10.9. The third-order valence-corrected chi connectivity index (χ3v) is 3.01. The Balaban J connectivity index is 3.08. The highest BCUT2D eigenvalue weighted by molar-refractivity contribution is 6.08. The van der Waals surface area contributed by atoms with Gasteiger partial charge in [0.2, 0.25) is 0 Å². The molecule has 98 valence electrons. The zero-order chi connectivity index (χ0) is 13.9. The maximum atomic E-state index is 12.2. The molecule has 3 N–H and O–H groups in total. The molecule has 0 bridgehead atoms. The Morgan fingerprint density at radius 1 is 1.28 bits per heavy atom. The first-order chi connectivity index (χ1) is 8.34. The SMILES string of the molecule is Cc1cccc(C(=O)C(C(=O)O)C(N)C(C)C)c1. The van der Waals surface area contributed by atoms with Gasteiger partial charge < -0.3 is 10.8 Å². The number of carbonyl (C=O) groups excluding carboxylic acids is 1. The summed E-state index contributed by atoms with van der Waals surface area (Å²) in [5, 5.41) is 9.19. The largest absolute Gasteiger partial charge is 0.481 e. The number of carboxylic acids is 1. The number of aliphatic carboxylic acids is 1. The van der Waals surface area contributed by atoms with Gasteiger partial charge in [0.05, 0.1) is 0 Å². The number of carbonyl (C=O) groups is 2. The smallest absolute Gasteiger partial charge is 0.316 e. The molecule has 2 unspecified atom stereocenters. The van der Waals surface area contributed by atoms with E-state index >= 15 is 0 Å². The molecule has 0 saturated carbocycles. The van der Waals surface area contributed by atoms with Crippen molar-refractivity contribution in [2.75, 3.05) is 0 Å². The maximum absolute atomic E-state index is 12.2. The Morgan fingerprint density at radius 2 is 1.89 bits per heavy atom. The lowest BCUT2D eigenvalue weighted by Gasteiger charge is -2.22. The maximum Gasteiger partial charge on any atom is 0.316 e. The molecule has 0 aromatic heterocycles. The normalized spacial score (nSPS) is 14.3. The molecule has 0 fully saturated rings. The molecule has 0 aliphatic carbocycles. The van der Waals surface area contributed by atoms with Crippen LogP contribution in [0.1, 0.15) is 29.8 Å². The molecular weight excluding hydrogens is 230 g/mol. The van der Waals surface area contributed by atoms with E-state index in [0.29, 0.717) is 5.56 Å². The number of hydrogen-bond donors (Lipinski definition) is 2. The van der Waals surface area contributed by atoms with Gasteiger partial charge in [-0.2, -0.15) is 0 Å². The van der Waals surface area contributed by atoms with Crippen LogP contribution in [0.25, 0.3) is 0 Å². The van der Waals surface area contributed by atoms with E-state index in [-0.39, 0.29) is 5.92 Å². The Hall–Kier alpha value is -1.68. The van der Waals surface area contributed by atoms with E-state index in [9.17, 15) is 14.7 Å². The molecule has 0 amide bonds. The van der Waals surface area contributed by atoms with E-state index in [1.54, 1.807) is 18.2 Å². The third kappa shape index (κ3) is 3.17. The summed E-state index contributed by atoms with van der Waals surface area (Å²) in [7, 11) is 0. The fourth-order valence-electron chi connectivity index (χ4n) is 1.81. The molecule has 1 aromatic rings. The second kappa shape index (κ2) is 5.78. The van der Waals surface area contributed by atoms with E-state index < -0.39 is 23.7 Å². The Kier molecular flexibility index (Phi) is 4.62. The first kappa shape index (κ1) is 14.4. The molecule has 4 heteroatoms. The van der Waals surface area contributed by atoms with E-state index in [2.05, 4.69) is 0 Å². The van der Waals surface area contributed by atoms with E-state index in [0.717, 1.165) is 5.56 Å². The lowest BCUT2D eigenvalue weighted by Crippen LogP contribution is -2.44. The average Bonchev–Trinajstić information content (AvgIpc) is 2.28. The highest BCUT2D eigenvalue weighted by Crippen LogP contribution is 2.18. The predicted octanol–water partition coefficient (Wildman–Crippen LogP) is 1.86. The minimum Gasteiger partial charge on any atom is -0.481 e. The van der Waals surface area contributed by atoms with Crippen LogP contribution in [-0.2, 0) is 4.79 Å². The summed E-state index contributed by atoms with van der Waals surface area (Å²) in [6.45, 7) is 5.48. The molecule has 1 rings (SSSR count). The molecule has 1 aromatic carbocycles. The van der Waals surface area contributed by atoms with Gasteiger partial charge >= 0.3 is 5.97 Å². The molecule has 0 aliphatic rings. The lowest BCUT2D eigenvalue weighted by molar-refractivity contribution is -0.140. The zero-order valence-electron chi connectivity index (χ0n) is 10.9. The van der Waals surface area contributed by atoms with Gasteiger partial charge in [0.25, 0.3) is 0 Å². The van der Waals surface area contributed by atoms with Crippen LogP contribution in [0.4, 0.5) is 0 Å². The number of ketones is 1. The summed E-state index contributed by atoms with van der Waals surface area (Å²) < 4.78 is 0. The minimum absolute atomic E-state index is 0.0696. The predicted molar refractivity (Wildman–Crippen MR) is 69.4 cm³/mol. The van der Waals surface area contributed by atoms with Crippen molar-refractivity contribution in [2.24, 2.45) is 17.6 Å². The summed E-state index contributed by atoms with van der Waals surface area (Å²) >= 11 is 0. The number of aryl methyl sites for hydroxylation is 1. The van der Waals surface area contributed by atoms with Gasteiger partial charge in [-0.25, -0.2) is 0 Å². The van der Waals surface area contributed by atoms with E-state index in [1.165, 1.54) is 0 Å². The summed E-state index contributed by atoms with van der Waals surface area (Å²) in [6, 6.07) is 6.22. The van der Waals surface area contributed by atoms with Crippen LogP contribution in [0.5, 0.6) is 0 Å². The molecular formula is C14H19NO3. The summed E-state index contributed by atoms with van der Waals surface area (Å²) in [5.74, 6) is -2.85. The van der Waals surface area contributed by atoms with Crippen molar-refractivity contribution in [2.45, 2.75) is 26.8 Å². The fraction of sp³-hybridized carbons (Fsp3) is 0.429. The van der Waals surface area contributed by atoms with Gasteiger partial charge in [-0.15, -0.1) is 0 Å². The van der Waals surface area contributed by atoms with Crippen LogP contribution in [-0.4, -0.2) is 22.9 Å². The number of rotatable bonds is 5. The number of carboxylic acid groups (broad SMARTS) is 1. The van der Waals surface area contributed by atoms with Gasteiger partial charge in [0.15, 0.2) is 5.78 Å². The quantitative estimate of drug-likeness (QED) is 0.616. The summed E-state index contributed by atoms with van der Waals surface area (Å²) in [5.41, 5.74) is 7.16. The van der Waals surface area contributed by atoms with Gasteiger partial charge in [-0.3, -0.25) is 9.59 Å². The Bertz CT molecular complexity index is 454. The summed E-state index contributed by atoms with van der Waals surface area (Å²) in [6.07, 6.45) is 0. The molecule has 0 aliphatic heterocycles. The Labute approximate surface area is 107 Å². The highest BCUT2D eigenvalue weighted by atomic mass is 16.4. The minimum atomic E-state index is -1.19. The lowest BCUT2D eigenvalue weighted by atomic mass is 9.85. The number of benzene rings is 1. The van der Waals surface area contributed by atoms with Crippen molar-refractivity contribution in [1.29, 1.82) is 0 Å². The van der Waals surface area contributed by atoms with Gasteiger partial charge in [-0.1, -0.05) is 37.6 Å². The molecule has 4 nitrogen and oxygen atoms in total. The second-order valence-corrected chi connectivity index (χ2v) is 4.87. The first-order valence-corrected chi connectivity index (χ1v) is 5.94. The van der Waals surface area contributed by atoms with Crippen LogP contribution in [0, 0.1) is 18.8 Å².